The van der Waals surface area contributed by atoms with Crippen molar-refractivity contribution in [2.75, 3.05) is 7.05 Å². The quantitative estimate of drug-likeness (QED) is 0.905. The topological polar surface area (TPSA) is 29.9 Å². The van der Waals surface area contributed by atoms with Crippen LogP contribution < -0.4 is 5.32 Å². The van der Waals surface area contributed by atoms with Crippen LogP contribution in [0.25, 0.3) is 11.1 Å². The van der Waals surface area contributed by atoms with Gasteiger partial charge in [0, 0.05) is 13.1 Å². The zero-order valence-corrected chi connectivity index (χ0v) is 10.4. The Labute approximate surface area is 104 Å². The molecular weight excluding hydrogens is 236 g/mol. The summed E-state index contributed by atoms with van der Waals surface area (Å²) in [7, 11) is 1.79. The van der Waals surface area contributed by atoms with Gasteiger partial charge in [-0.15, -0.1) is 0 Å². The first-order chi connectivity index (χ1) is 8.67. The van der Waals surface area contributed by atoms with Gasteiger partial charge >= 0.3 is 0 Å². The second-order valence-electron chi connectivity index (χ2n) is 4.00. The number of benzene rings is 1. The van der Waals surface area contributed by atoms with Gasteiger partial charge in [0.2, 0.25) is 5.95 Å². The van der Waals surface area contributed by atoms with Gasteiger partial charge in [0.1, 0.15) is 5.82 Å². The van der Waals surface area contributed by atoms with Crippen molar-refractivity contribution in [3.05, 3.63) is 41.7 Å². The summed E-state index contributed by atoms with van der Waals surface area (Å²) in [5.41, 5.74) is 1.72. The van der Waals surface area contributed by atoms with Crippen molar-refractivity contribution in [1.29, 1.82) is 0 Å². The molecule has 0 bridgehead atoms. The molecule has 0 atom stereocenters. The number of hydrogen-bond donors (Lipinski definition) is 1. The molecule has 0 spiro atoms. The molecule has 3 nitrogen and oxygen atoms in total. The molecule has 18 heavy (non-hydrogen) atoms. The van der Waals surface area contributed by atoms with Gasteiger partial charge in [-0.1, -0.05) is 6.07 Å². The summed E-state index contributed by atoms with van der Waals surface area (Å²) >= 11 is 0. The molecule has 0 radical (unpaired) electrons. The lowest BCUT2D eigenvalue weighted by Crippen LogP contribution is -2.07. The van der Waals surface area contributed by atoms with E-state index in [4.69, 9.17) is 0 Å². The normalized spacial score (nSPS) is 10.9. The van der Waals surface area contributed by atoms with Crippen molar-refractivity contribution in [2.24, 2.45) is 0 Å². The molecule has 2 aromatic rings. The number of rotatable bonds is 4. The van der Waals surface area contributed by atoms with Crippen LogP contribution in [0.4, 0.5) is 8.78 Å². The smallest absolute Gasteiger partial charge is 0.219 e. The molecule has 0 aliphatic heterocycles. The van der Waals surface area contributed by atoms with Gasteiger partial charge in [0.05, 0.1) is 11.8 Å². The highest BCUT2D eigenvalue weighted by atomic mass is 19.1. The molecule has 0 unspecified atom stereocenters. The maximum absolute atomic E-state index is 14.0. The van der Waals surface area contributed by atoms with E-state index in [1.165, 1.54) is 23.0 Å². The fourth-order valence-electron chi connectivity index (χ4n) is 1.92. The maximum Gasteiger partial charge on any atom is 0.219 e. The van der Waals surface area contributed by atoms with Crippen molar-refractivity contribution < 1.29 is 8.78 Å². The predicted molar refractivity (Wildman–Crippen MR) is 66.0 cm³/mol. The van der Waals surface area contributed by atoms with Gasteiger partial charge in [0.15, 0.2) is 0 Å². The maximum atomic E-state index is 14.0. The van der Waals surface area contributed by atoms with Crippen LogP contribution in [0.1, 0.15) is 12.5 Å². The molecule has 2 rings (SSSR count). The van der Waals surface area contributed by atoms with Crippen LogP contribution in [-0.2, 0) is 13.1 Å². The third-order valence-electron chi connectivity index (χ3n) is 2.80. The third-order valence-corrected chi connectivity index (χ3v) is 2.80. The van der Waals surface area contributed by atoms with Crippen molar-refractivity contribution in [2.45, 2.75) is 20.0 Å². The van der Waals surface area contributed by atoms with Crippen molar-refractivity contribution in [3.63, 3.8) is 0 Å². The fraction of sp³-hybridized carbons (Fsp3) is 0.308. The van der Waals surface area contributed by atoms with Crippen LogP contribution in [0, 0.1) is 11.8 Å². The molecule has 0 saturated carbocycles. The molecule has 0 aliphatic carbocycles. The van der Waals surface area contributed by atoms with E-state index < -0.39 is 5.95 Å². The molecule has 0 fully saturated rings. The number of halogens is 2. The van der Waals surface area contributed by atoms with E-state index in [0.29, 0.717) is 24.2 Å². The first-order valence-corrected chi connectivity index (χ1v) is 5.82. The molecule has 1 aromatic heterocycles. The highest BCUT2D eigenvalue weighted by molar-refractivity contribution is 5.66. The van der Waals surface area contributed by atoms with Gasteiger partial charge in [0.25, 0.3) is 0 Å². The Morgan fingerprint density at radius 2 is 2.06 bits per heavy atom. The number of nitrogens with one attached hydrogen (secondary N) is 1. The summed E-state index contributed by atoms with van der Waals surface area (Å²) in [5.74, 6) is -0.811. The Kier molecular flexibility index (Phi) is 3.72. The predicted octanol–water partition coefficient (Wildman–Crippen LogP) is 2.57. The van der Waals surface area contributed by atoms with E-state index in [1.54, 1.807) is 20.0 Å². The van der Waals surface area contributed by atoms with E-state index in [-0.39, 0.29) is 5.82 Å². The van der Waals surface area contributed by atoms with Gasteiger partial charge in [-0.05, 0) is 37.2 Å². The highest BCUT2D eigenvalue weighted by Gasteiger charge is 2.15. The SMILES string of the molecule is CCn1ncc(-c2cc(F)ccc2CNC)c1F. The van der Waals surface area contributed by atoms with Crippen molar-refractivity contribution in [3.8, 4) is 11.1 Å². The minimum atomic E-state index is -0.430. The van der Waals surface area contributed by atoms with Crippen LogP contribution in [0.2, 0.25) is 0 Å². The Morgan fingerprint density at radius 3 is 2.67 bits per heavy atom. The summed E-state index contributed by atoms with van der Waals surface area (Å²) in [4.78, 5) is 0. The standard InChI is InChI=1S/C13H15F2N3/c1-3-18-13(15)12(8-17-18)11-6-10(14)5-4-9(11)7-16-2/h4-6,8,16H,3,7H2,1-2H3. The summed E-state index contributed by atoms with van der Waals surface area (Å²) in [6.45, 7) is 2.80. The van der Waals surface area contributed by atoms with Crippen LogP contribution in [-0.4, -0.2) is 16.8 Å². The monoisotopic (exact) mass is 251 g/mol. The minimum absolute atomic E-state index is 0.335. The number of aromatic nitrogens is 2. The Hall–Kier alpha value is -1.75. The lowest BCUT2D eigenvalue weighted by molar-refractivity contribution is 0.473. The number of hydrogen-bond acceptors (Lipinski definition) is 2. The summed E-state index contributed by atoms with van der Waals surface area (Å²) in [6.07, 6.45) is 1.44. The Balaban J connectivity index is 2.54. The molecule has 96 valence electrons. The highest BCUT2D eigenvalue weighted by Crippen LogP contribution is 2.27. The average Bonchev–Trinajstić information content (AvgIpc) is 2.73. The van der Waals surface area contributed by atoms with E-state index in [0.717, 1.165) is 5.56 Å². The molecule has 5 heteroatoms. The first-order valence-electron chi connectivity index (χ1n) is 5.82. The third kappa shape index (κ3) is 2.26. The van der Waals surface area contributed by atoms with Gasteiger partial charge in [-0.2, -0.15) is 9.49 Å². The van der Waals surface area contributed by atoms with Crippen molar-refractivity contribution >= 4 is 0 Å². The molecule has 1 N–H and O–H groups in total. The van der Waals surface area contributed by atoms with E-state index in [9.17, 15) is 8.78 Å². The van der Waals surface area contributed by atoms with Crippen LogP contribution in [0.5, 0.6) is 0 Å². The molecule has 0 amide bonds. The summed E-state index contributed by atoms with van der Waals surface area (Å²) < 4.78 is 28.6. The van der Waals surface area contributed by atoms with Gasteiger partial charge < -0.3 is 5.32 Å². The minimum Gasteiger partial charge on any atom is -0.316 e. The first kappa shape index (κ1) is 12.7. The van der Waals surface area contributed by atoms with Gasteiger partial charge in [-0.25, -0.2) is 9.07 Å². The number of aryl methyl sites for hydroxylation is 1. The van der Waals surface area contributed by atoms with Crippen LogP contribution in [0.3, 0.4) is 0 Å². The zero-order valence-electron chi connectivity index (χ0n) is 10.4. The zero-order chi connectivity index (χ0) is 13.1. The average molecular weight is 251 g/mol. The van der Waals surface area contributed by atoms with E-state index >= 15 is 0 Å². The van der Waals surface area contributed by atoms with Crippen LogP contribution >= 0.6 is 0 Å². The van der Waals surface area contributed by atoms with Crippen LogP contribution in [0.15, 0.2) is 24.4 Å². The molecule has 1 aromatic carbocycles. The fourth-order valence-corrected chi connectivity index (χ4v) is 1.92. The Bertz CT molecular complexity index is 549. The van der Waals surface area contributed by atoms with Gasteiger partial charge in [-0.3, -0.25) is 0 Å². The lowest BCUT2D eigenvalue weighted by atomic mass is 10.0. The summed E-state index contributed by atoms with van der Waals surface area (Å²) in [6, 6.07) is 4.37. The van der Waals surface area contributed by atoms with Crippen molar-refractivity contribution in [1.82, 2.24) is 15.1 Å². The Morgan fingerprint density at radius 1 is 1.28 bits per heavy atom. The second-order valence-corrected chi connectivity index (χ2v) is 4.00. The molecular formula is C13H15F2N3. The molecule has 0 aliphatic rings. The summed E-state index contributed by atoms with van der Waals surface area (Å²) in [5, 5.41) is 6.92. The van der Waals surface area contributed by atoms with E-state index in [1.807, 2.05) is 0 Å². The number of nitrogens with zero attached hydrogens (tertiary/aromatic N) is 2. The largest absolute Gasteiger partial charge is 0.316 e. The second kappa shape index (κ2) is 5.27. The lowest BCUT2D eigenvalue weighted by Gasteiger charge is -2.08. The van der Waals surface area contributed by atoms with E-state index in [2.05, 4.69) is 10.4 Å². The molecule has 1 heterocycles. The molecule has 0 saturated heterocycles.